The van der Waals surface area contributed by atoms with Gasteiger partial charge in [-0.1, -0.05) is 58.0 Å². The van der Waals surface area contributed by atoms with Crippen molar-refractivity contribution in [2.24, 2.45) is 0 Å². The van der Waals surface area contributed by atoms with E-state index in [-0.39, 0.29) is 124 Å². The molecule has 0 atom stereocenters. The van der Waals surface area contributed by atoms with Crippen LogP contribution in [0, 0.1) is 45.9 Å². The van der Waals surface area contributed by atoms with Gasteiger partial charge in [0.2, 0.25) is 5.95 Å². The number of aromatic nitrogens is 12. The maximum absolute atomic E-state index is 12.4. The summed E-state index contributed by atoms with van der Waals surface area (Å²) in [6.45, 7) is 12.5. The Hall–Kier alpha value is -13.8. The molecular formula is C102H105Cl5N24O11. The van der Waals surface area contributed by atoms with Crippen molar-refractivity contribution in [1.29, 1.82) is 5.26 Å². The number of carbonyl (C=O) groups excluding carboxylic acids is 5. The molecule has 35 nitrogen and oxygen atoms in total. The van der Waals surface area contributed by atoms with E-state index in [1.807, 2.05) is 101 Å². The van der Waals surface area contributed by atoms with Crippen molar-refractivity contribution in [1.82, 2.24) is 86.0 Å². The van der Waals surface area contributed by atoms with Crippen LogP contribution in [0.5, 0.6) is 28.7 Å². The van der Waals surface area contributed by atoms with Crippen LogP contribution in [0.1, 0.15) is 130 Å². The normalized spacial score (nSPS) is 25.1. The molecule has 0 radical (unpaired) electrons. The van der Waals surface area contributed by atoms with Crippen molar-refractivity contribution in [3.05, 3.63) is 254 Å². The molecule has 0 spiro atoms. The fourth-order valence-corrected chi connectivity index (χ4v) is 22.3. The highest BCUT2D eigenvalue weighted by Crippen LogP contribution is 2.65. The van der Waals surface area contributed by atoms with E-state index in [1.54, 1.807) is 133 Å². The summed E-state index contributed by atoms with van der Waals surface area (Å²) in [5, 5.41) is 49.3. The molecule has 10 bridgehead atoms. The van der Waals surface area contributed by atoms with Crippen LogP contribution in [0.25, 0.3) is 16.8 Å². The number of hydrogen-bond acceptors (Lipinski definition) is 29. The molecule has 40 heteroatoms. The maximum atomic E-state index is 12.4. The fraction of sp³-hybridized carbons (Fsp3) is 0.382. The summed E-state index contributed by atoms with van der Waals surface area (Å²) in [4.78, 5) is 107. The monoisotopic (exact) mass is 2020 g/mol. The molecule has 8 heterocycles. The van der Waals surface area contributed by atoms with Gasteiger partial charge in [-0.3, -0.25) is 38.9 Å². The molecule has 1 saturated heterocycles. The average Bonchev–Trinajstić information content (AvgIpc) is 0.920. The van der Waals surface area contributed by atoms with Gasteiger partial charge in [-0.05, 0) is 274 Å². The number of anilines is 6. The molecule has 0 unspecified atom stereocenters. The first-order valence-electron chi connectivity index (χ1n) is 46.8. The summed E-state index contributed by atoms with van der Waals surface area (Å²) in [7, 11) is 0. The van der Waals surface area contributed by atoms with Crippen LogP contribution in [0.3, 0.4) is 0 Å². The van der Waals surface area contributed by atoms with E-state index in [4.69, 9.17) is 91.7 Å². The second-order valence-corrected chi connectivity index (χ2v) is 41.7. The van der Waals surface area contributed by atoms with Crippen LogP contribution in [0.15, 0.2) is 196 Å². The molecule has 5 aromatic carbocycles. The quantitative estimate of drug-likeness (QED) is 0.0187. The van der Waals surface area contributed by atoms with Gasteiger partial charge in [0.1, 0.15) is 63.6 Å². The van der Waals surface area contributed by atoms with E-state index >= 15 is 0 Å². The lowest BCUT2D eigenvalue weighted by molar-refractivity contribution is -0.136. The Morgan fingerprint density at radius 3 is 1.11 bits per heavy atom. The van der Waals surface area contributed by atoms with Crippen LogP contribution in [0.4, 0.5) is 35.0 Å². The minimum Gasteiger partial charge on any atom is -0.484 e. The van der Waals surface area contributed by atoms with Crippen LogP contribution in [0.2, 0.25) is 25.1 Å². The molecule has 16 aliphatic rings. The molecule has 10 N–H and O–H groups in total. The number of morpholine rings is 1. The lowest BCUT2D eigenvalue weighted by Gasteiger charge is -2.70. The number of amides is 5. The number of ether oxygens (including phenoxy) is 6. The molecule has 142 heavy (non-hydrogen) atoms. The number of benzene rings is 5. The summed E-state index contributed by atoms with van der Waals surface area (Å²) in [5.41, 5.74) is 7.00. The molecule has 15 saturated carbocycles. The highest BCUT2D eigenvalue weighted by Gasteiger charge is 2.72. The Morgan fingerprint density at radius 2 is 0.754 bits per heavy atom. The van der Waals surface area contributed by atoms with Crippen molar-refractivity contribution in [3.63, 3.8) is 0 Å². The number of nitriles is 1. The number of halogens is 5. The first-order chi connectivity index (χ1) is 68.2. The number of nitrogens with one attached hydrogen (secondary N) is 10. The Balaban J connectivity index is 0.000000113. The summed E-state index contributed by atoms with van der Waals surface area (Å²) in [5.74, 6) is 7.24. The zero-order valence-corrected chi connectivity index (χ0v) is 82.4. The average molecular weight is 2020 g/mol. The Labute approximate surface area is 844 Å². The second kappa shape index (κ2) is 39.6. The largest absolute Gasteiger partial charge is 0.484 e. The zero-order chi connectivity index (χ0) is 98.9. The van der Waals surface area contributed by atoms with Crippen LogP contribution < -0.4 is 81.8 Å². The summed E-state index contributed by atoms with van der Waals surface area (Å²) in [6.07, 6.45) is 35.3. The molecule has 7 aromatic heterocycles. The molecule has 15 aliphatic carbocycles. The SMILES string of the molecule is Cc1cc(OCC(=O)NC23CC(Nc4ccnc(N5CCOCC5)n4)(C2)C3)ccc1Cl.Cc1cc(OCC(=O)NC23CC(Nc4cnc(-c5cccnc5)cn4)(C2)C3)ccc1Cl.Cc1cc(OCC(=O)NC23CC(Nc4cnc(C#N)cn4)(C2)C3)ccc1Cl.Cc1cc(OCC(=O)NC23CC(Nc4cnccn4)(C2)C3)ccc1Cl.Cc1cc(OCC(=O)NC23CC(Nc4nccn5nccc45)(C2)C3)ccc1Cl. The minimum atomic E-state index is -0.149. The molecule has 12 aromatic rings. The molecule has 16 fully saturated rings. The summed E-state index contributed by atoms with van der Waals surface area (Å²) >= 11 is 30.0. The third-order valence-corrected chi connectivity index (χ3v) is 29.9. The highest BCUT2D eigenvalue weighted by atomic mass is 35.5. The molecular weight excluding hydrogens is 1910 g/mol. The van der Waals surface area contributed by atoms with Crippen LogP contribution in [-0.4, -0.2) is 204 Å². The van der Waals surface area contributed by atoms with E-state index in [9.17, 15) is 24.0 Å². The number of nitrogens with zero attached hydrogens (tertiary/aromatic N) is 14. The number of hydrogen-bond donors (Lipinski definition) is 10. The van der Waals surface area contributed by atoms with Gasteiger partial charge in [0.25, 0.3) is 29.5 Å². The van der Waals surface area contributed by atoms with E-state index in [1.165, 1.54) is 6.20 Å². The van der Waals surface area contributed by atoms with Crippen molar-refractivity contribution in [3.8, 4) is 46.1 Å². The molecule has 28 rings (SSSR count). The molecule has 1 aliphatic heterocycles. The molecule has 734 valence electrons. The third kappa shape index (κ3) is 22.0. The number of carbonyl (C=O) groups is 5. The number of fused-ring (bicyclic) bond motifs is 1. The topological polar surface area (TPSA) is 434 Å². The van der Waals surface area contributed by atoms with E-state index in [0.717, 1.165) is 183 Å². The van der Waals surface area contributed by atoms with Crippen molar-refractivity contribution >= 4 is 128 Å². The van der Waals surface area contributed by atoms with Gasteiger partial charge in [-0.15, -0.1) is 0 Å². The predicted octanol–water partition coefficient (Wildman–Crippen LogP) is 14.6. The fourth-order valence-electron chi connectivity index (χ4n) is 21.7. The highest BCUT2D eigenvalue weighted by molar-refractivity contribution is 6.32. The Morgan fingerprint density at radius 1 is 0.373 bits per heavy atom. The van der Waals surface area contributed by atoms with Gasteiger partial charge >= 0.3 is 0 Å². The van der Waals surface area contributed by atoms with E-state index < -0.39 is 0 Å². The minimum absolute atomic E-state index is 0.0000607. The maximum Gasteiger partial charge on any atom is 0.258 e. The lowest BCUT2D eigenvalue weighted by Crippen LogP contribution is -2.81. The first kappa shape index (κ1) is 97.1. The van der Waals surface area contributed by atoms with Gasteiger partial charge in [0.15, 0.2) is 44.5 Å². The molecule has 5 amide bonds. The summed E-state index contributed by atoms with van der Waals surface area (Å²) < 4.78 is 35.1. The van der Waals surface area contributed by atoms with Crippen molar-refractivity contribution in [2.45, 2.75) is 186 Å². The second-order valence-electron chi connectivity index (χ2n) is 39.6. The van der Waals surface area contributed by atoms with Crippen LogP contribution in [-0.2, 0) is 28.7 Å². The van der Waals surface area contributed by atoms with Crippen molar-refractivity contribution in [2.75, 3.05) is 90.8 Å². The predicted molar refractivity (Wildman–Crippen MR) is 536 cm³/mol. The Kier molecular flexibility index (Phi) is 27.1. The van der Waals surface area contributed by atoms with Crippen molar-refractivity contribution < 1.29 is 52.4 Å². The van der Waals surface area contributed by atoms with Crippen LogP contribution >= 0.6 is 58.0 Å². The van der Waals surface area contributed by atoms with Gasteiger partial charge in [0.05, 0.1) is 56.1 Å². The number of rotatable bonds is 32. The third-order valence-electron chi connectivity index (χ3n) is 27.8. The lowest BCUT2D eigenvalue weighted by atomic mass is 9.44. The smallest absolute Gasteiger partial charge is 0.258 e. The number of pyridine rings is 1. The number of aryl methyl sites for hydroxylation is 5. The van der Waals surface area contributed by atoms with Gasteiger partial charge in [-0.2, -0.15) is 15.3 Å². The Bertz CT molecular complexity index is 6710. The van der Waals surface area contributed by atoms with E-state index in [0.29, 0.717) is 72.9 Å². The summed E-state index contributed by atoms with van der Waals surface area (Å²) in [6, 6.07) is 36.4. The van der Waals surface area contributed by atoms with E-state index in [2.05, 4.69) is 113 Å². The zero-order valence-electron chi connectivity index (χ0n) is 78.6. The van der Waals surface area contributed by atoms with Gasteiger partial charge < -0.3 is 86.5 Å². The standard InChI is InChI=1S/C23H22ClN5O2.C22H26ClN5O3.C20H20ClN5O2.C19H18ClN5O2.C18H19ClN4O2/c1-15-7-17(4-5-18(15)24)31-11-21(30)29-23-12-22(13-23,14-23)28-20-10-26-19(9-27-20)16-3-2-6-25-8-16;1-15-10-16(2-3-17(15)23)31-11-19(29)27-22-12-21(13-22,14-22)26-18-4-5-24-20(25-18)28-6-8-30-9-7-28;1-13-8-14(2-3-15(13)21)28-9-17(27)24-19-10-20(11-19,12-19)25-18-16-4-5-23-26(16)7-6-22-18;1-12-4-14(2-3-15(12)20)27-8-17(26)25-19-9-18(10-19,11-19)24-16-7-22-13(5-21)6-23-16;1-12-6-13(2-3-14(12)19)25-8-16(24)23-18-9-17(10-18,11-18)22-15-7-20-4-5-21-15/h2-10H,11-14H2,1H3,(H,27,28)(H,29,30);2-5,10H,6-9,11-14H2,1H3,(H,27,29)(H,24,25,26);2-8H,9-12H2,1H3,(H,22,25)(H,24,27);2-4,6-7H,8-11H2,1H3,(H,23,24)(H,25,26);2-7H,8-11H2,1H3,(H,21,22)(H,23,24). The van der Waals surface area contributed by atoms with Gasteiger partial charge in [0, 0.05) is 143 Å². The van der Waals surface area contributed by atoms with Gasteiger partial charge in [-0.25, -0.2) is 34.4 Å². The first-order valence-corrected chi connectivity index (χ1v) is 48.7.